The highest BCUT2D eigenvalue weighted by atomic mass is 19.4. The number of rotatable bonds is 6. The number of hydrogen-bond acceptors (Lipinski definition) is 3. The molecule has 0 saturated heterocycles. The van der Waals surface area contributed by atoms with E-state index in [1.54, 1.807) is 0 Å². The van der Waals surface area contributed by atoms with Gasteiger partial charge in [-0.3, -0.25) is 0 Å². The Hall–Kier alpha value is -2.58. The first-order valence-electron chi connectivity index (χ1n) is 7.53. The molecule has 0 bridgehead atoms. The molecule has 0 radical (unpaired) electrons. The van der Waals surface area contributed by atoms with Gasteiger partial charge in [-0.2, -0.15) is 18.3 Å². The molecule has 0 atom stereocenters. The van der Waals surface area contributed by atoms with Gasteiger partial charge in [-0.15, -0.1) is 0 Å². The van der Waals surface area contributed by atoms with Gasteiger partial charge < -0.3 is 10.6 Å². The van der Waals surface area contributed by atoms with Crippen LogP contribution in [0, 0.1) is 0 Å². The number of anilines is 1. The molecule has 1 heterocycles. The molecule has 2 N–H and O–H groups in total. The van der Waals surface area contributed by atoms with E-state index in [9.17, 15) is 18.0 Å². The molecule has 2 aromatic rings. The van der Waals surface area contributed by atoms with E-state index in [0.717, 1.165) is 36.3 Å². The number of urea groups is 1. The lowest BCUT2D eigenvalue weighted by Crippen LogP contribution is -2.29. The van der Waals surface area contributed by atoms with Gasteiger partial charge in [0.15, 0.2) is 0 Å². The maximum Gasteiger partial charge on any atom is 0.418 e. The molecule has 0 fully saturated rings. The summed E-state index contributed by atoms with van der Waals surface area (Å²) >= 11 is 0. The number of benzene rings is 1. The van der Waals surface area contributed by atoms with Crippen molar-refractivity contribution in [3.05, 3.63) is 36.4 Å². The molecule has 9 heteroatoms. The first-order chi connectivity index (χ1) is 11.4. The Balaban J connectivity index is 2.14. The van der Waals surface area contributed by atoms with Crippen molar-refractivity contribution in [3.8, 4) is 5.69 Å². The van der Waals surface area contributed by atoms with Crippen molar-refractivity contribution in [1.29, 1.82) is 0 Å². The molecule has 130 valence electrons. The molecule has 0 aliphatic rings. The second-order valence-corrected chi connectivity index (χ2v) is 5.16. The molecule has 0 saturated carbocycles. The number of alkyl halides is 3. The van der Waals surface area contributed by atoms with Crippen LogP contribution in [-0.2, 0) is 6.18 Å². The highest BCUT2D eigenvalue weighted by molar-refractivity contribution is 5.89. The Morgan fingerprint density at radius 1 is 1.29 bits per heavy atom. The summed E-state index contributed by atoms with van der Waals surface area (Å²) in [4.78, 5) is 15.4. The second-order valence-electron chi connectivity index (χ2n) is 5.16. The average Bonchev–Trinajstić information content (AvgIpc) is 3.05. The number of nitrogens with one attached hydrogen (secondary N) is 2. The van der Waals surface area contributed by atoms with E-state index in [1.165, 1.54) is 18.5 Å². The van der Waals surface area contributed by atoms with Crippen LogP contribution >= 0.6 is 0 Å². The fourth-order valence-electron chi connectivity index (χ4n) is 2.13. The van der Waals surface area contributed by atoms with Crippen LogP contribution in [0.4, 0.5) is 23.7 Å². The quantitative estimate of drug-likeness (QED) is 0.789. The van der Waals surface area contributed by atoms with Crippen LogP contribution in [0.25, 0.3) is 5.69 Å². The van der Waals surface area contributed by atoms with E-state index < -0.39 is 17.8 Å². The van der Waals surface area contributed by atoms with Crippen molar-refractivity contribution in [2.75, 3.05) is 11.9 Å². The van der Waals surface area contributed by atoms with E-state index in [0.29, 0.717) is 6.54 Å². The van der Waals surface area contributed by atoms with Gasteiger partial charge in [0.1, 0.15) is 12.7 Å². The third-order valence-corrected chi connectivity index (χ3v) is 3.29. The molecule has 24 heavy (non-hydrogen) atoms. The van der Waals surface area contributed by atoms with E-state index in [-0.39, 0.29) is 11.4 Å². The van der Waals surface area contributed by atoms with Gasteiger partial charge in [-0.25, -0.2) is 14.5 Å². The zero-order chi connectivity index (χ0) is 17.6. The van der Waals surface area contributed by atoms with Gasteiger partial charge >= 0.3 is 12.2 Å². The van der Waals surface area contributed by atoms with Crippen LogP contribution in [0.15, 0.2) is 30.9 Å². The maximum atomic E-state index is 13.3. The van der Waals surface area contributed by atoms with Crippen LogP contribution in [0.1, 0.15) is 31.7 Å². The normalized spacial score (nSPS) is 11.3. The molecule has 1 aromatic heterocycles. The highest BCUT2D eigenvalue weighted by Gasteiger charge is 2.34. The highest BCUT2D eigenvalue weighted by Crippen LogP contribution is 2.35. The average molecular weight is 341 g/mol. The van der Waals surface area contributed by atoms with Crippen molar-refractivity contribution in [1.82, 2.24) is 20.1 Å². The zero-order valence-electron chi connectivity index (χ0n) is 13.1. The molecule has 2 amide bonds. The minimum absolute atomic E-state index is 0.0548. The Morgan fingerprint density at radius 3 is 2.71 bits per heavy atom. The second kappa shape index (κ2) is 7.80. The van der Waals surface area contributed by atoms with Gasteiger partial charge in [-0.1, -0.05) is 19.8 Å². The van der Waals surface area contributed by atoms with E-state index in [4.69, 9.17) is 0 Å². The number of halogens is 3. The predicted molar refractivity (Wildman–Crippen MR) is 82.9 cm³/mol. The fraction of sp³-hybridized carbons (Fsp3) is 0.400. The summed E-state index contributed by atoms with van der Waals surface area (Å²) in [5, 5.41) is 8.73. The third-order valence-electron chi connectivity index (χ3n) is 3.29. The molecule has 1 aromatic carbocycles. The summed E-state index contributed by atoms with van der Waals surface area (Å²) in [6, 6.07) is 2.97. The van der Waals surface area contributed by atoms with E-state index in [2.05, 4.69) is 20.7 Å². The number of carbonyl (C=O) groups excluding carboxylic acids is 1. The molecular weight excluding hydrogens is 323 g/mol. The summed E-state index contributed by atoms with van der Waals surface area (Å²) in [6.07, 6.45) is 0.556. The lowest BCUT2D eigenvalue weighted by Gasteiger charge is -2.15. The summed E-state index contributed by atoms with van der Waals surface area (Å²) in [5.74, 6) is 0. The van der Waals surface area contributed by atoms with Gasteiger partial charge in [-0.05, 0) is 24.6 Å². The zero-order valence-corrected chi connectivity index (χ0v) is 13.1. The number of unbranched alkanes of at least 4 members (excludes halogenated alkanes) is 2. The molecule has 0 aliphatic heterocycles. The topological polar surface area (TPSA) is 71.8 Å². The van der Waals surface area contributed by atoms with Crippen LogP contribution in [0.3, 0.4) is 0 Å². The SMILES string of the molecule is CCCCCNC(=O)Nc1ccc(-n2cncn2)c(C(F)(F)F)c1. The van der Waals surface area contributed by atoms with Crippen molar-refractivity contribution < 1.29 is 18.0 Å². The standard InChI is InChI=1S/C15H18F3N5O/c1-2-3-4-7-20-14(24)22-11-5-6-13(23-10-19-9-21-23)12(8-11)15(16,17)18/h5-6,8-10H,2-4,7H2,1H3,(H2,20,22,24). The summed E-state index contributed by atoms with van der Waals surface area (Å²) in [7, 11) is 0. The monoisotopic (exact) mass is 341 g/mol. The number of hydrogen-bond donors (Lipinski definition) is 2. The van der Waals surface area contributed by atoms with E-state index >= 15 is 0 Å². The summed E-state index contributed by atoms with van der Waals surface area (Å²) in [5.41, 5.74) is -1.01. The lowest BCUT2D eigenvalue weighted by atomic mass is 10.1. The van der Waals surface area contributed by atoms with Crippen molar-refractivity contribution >= 4 is 11.7 Å². The van der Waals surface area contributed by atoms with Crippen LogP contribution < -0.4 is 10.6 Å². The summed E-state index contributed by atoms with van der Waals surface area (Å²) < 4.78 is 40.8. The van der Waals surface area contributed by atoms with Crippen LogP contribution in [0.2, 0.25) is 0 Å². The largest absolute Gasteiger partial charge is 0.418 e. The first-order valence-corrected chi connectivity index (χ1v) is 7.53. The van der Waals surface area contributed by atoms with Gasteiger partial charge in [0.2, 0.25) is 0 Å². The lowest BCUT2D eigenvalue weighted by molar-refractivity contribution is -0.137. The molecule has 6 nitrogen and oxygen atoms in total. The Bertz CT molecular complexity index is 670. The molecule has 0 aliphatic carbocycles. The van der Waals surface area contributed by atoms with Crippen molar-refractivity contribution in [2.45, 2.75) is 32.4 Å². The smallest absolute Gasteiger partial charge is 0.338 e. The van der Waals surface area contributed by atoms with Gasteiger partial charge in [0.25, 0.3) is 0 Å². The minimum atomic E-state index is -4.59. The maximum absolute atomic E-state index is 13.3. The Morgan fingerprint density at radius 2 is 2.08 bits per heavy atom. The van der Waals surface area contributed by atoms with Gasteiger partial charge in [0, 0.05) is 12.2 Å². The Kier molecular flexibility index (Phi) is 5.78. The first kappa shape index (κ1) is 17.8. The number of amides is 2. The fourth-order valence-corrected chi connectivity index (χ4v) is 2.13. The van der Waals surface area contributed by atoms with E-state index in [1.807, 2.05) is 6.92 Å². The van der Waals surface area contributed by atoms with Crippen molar-refractivity contribution in [3.63, 3.8) is 0 Å². The molecule has 0 spiro atoms. The van der Waals surface area contributed by atoms with Crippen molar-refractivity contribution in [2.24, 2.45) is 0 Å². The molecule has 2 rings (SSSR count). The summed E-state index contributed by atoms with van der Waals surface area (Å²) in [6.45, 7) is 2.51. The number of carbonyl (C=O) groups is 1. The number of nitrogens with zero attached hydrogens (tertiary/aromatic N) is 3. The minimum Gasteiger partial charge on any atom is -0.338 e. The number of aromatic nitrogens is 3. The van der Waals surface area contributed by atoms with Crippen LogP contribution in [-0.4, -0.2) is 27.3 Å². The molecule has 0 unspecified atom stereocenters. The Labute approximate surface area is 137 Å². The van der Waals surface area contributed by atoms with Gasteiger partial charge in [0.05, 0.1) is 11.3 Å². The molecular formula is C15H18F3N5O. The van der Waals surface area contributed by atoms with Crippen LogP contribution in [0.5, 0.6) is 0 Å². The predicted octanol–water partition coefficient (Wildman–Crippen LogP) is 3.60. The third kappa shape index (κ3) is 4.71.